The van der Waals surface area contributed by atoms with Crippen LogP contribution in [0.15, 0.2) is 66.0 Å². The second-order valence-corrected chi connectivity index (χ2v) is 13.3. The molecule has 0 spiro atoms. The summed E-state index contributed by atoms with van der Waals surface area (Å²) < 4.78 is 48.6. The Morgan fingerprint density at radius 3 is 2.40 bits per heavy atom. The fourth-order valence-electron chi connectivity index (χ4n) is 4.73. The maximum absolute atomic E-state index is 14.4. The molecule has 8 nitrogen and oxygen atoms in total. The van der Waals surface area contributed by atoms with Crippen molar-refractivity contribution in [1.29, 1.82) is 0 Å². The number of amides is 1. The van der Waals surface area contributed by atoms with E-state index >= 15 is 0 Å². The third kappa shape index (κ3) is 8.22. The Hall–Kier alpha value is -3.08. The van der Waals surface area contributed by atoms with Crippen LogP contribution >= 0.6 is 0 Å². The van der Waals surface area contributed by atoms with Crippen LogP contribution in [0.25, 0.3) is 0 Å². The normalized spacial score (nSPS) is 14.8. The summed E-state index contributed by atoms with van der Waals surface area (Å²) in [4.78, 5) is 21.9. The highest BCUT2D eigenvalue weighted by Crippen LogP contribution is 2.24. The third-order valence-corrected chi connectivity index (χ3v) is 8.42. The van der Waals surface area contributed by atoms with Crippen molar-refractivity contribution in [3.8, 4) is 0 Å². The first-order chi connectivity index (χ1) is 19.0. The SMILES string of the molecule is CC(C)(C)CC(=O)N(CCN1CCOCC1)Cc1cnc(S(=O)(=O)Cc2ccccc2F)n1Cc1ccccc1. The van der Waals surface area contributed by atoms with Crippen molar-refractivity contribution >= 4 is 15.7 Å². The molecular formula is C30H39FN4O4S. The van der Waals surface area contributed by atoms with E-state index < -0.39 is 21.4 Å². The molecule has 1 fully saturated rings. The highest BCUT2D eigenvalue weighted by atomic mass is 32.2. The van der Waals surface area contributed by atoms with Gasteiger partial charge in [0.05, 0.1) is 43.9 Å². The molecule has 0 saturated carbocycles. The Labute approximate surface area is 236 Å². The Morgan fingerprint density at radius 2 is 1.73 bits per heavy atom. The van der Waals surface area contributed by atoms with Gasteiger partial charge in [-0.1, -0.05) is 69.3 Å². The lowest BCUT2D eigenvalue weighted by atomic mass is 9.91. The molecule has 3 aromatic rings. The molecule has 4 rings (SSSR count). The summed E-state index contributed by atoms with van der Waals surface area (Å²) in [6, 6.07) is 15.4. The molecule has 40 heavy (non-hydrogen) atoms. The van der Waals surface area contributed by atoms with Gasteiger partial charge in [0.15, 0.2) is 0 Å². The van der Waals surface area contributed by atoms with Gasteiger partial charge in [-0.3, -0.25) is 9.69 Å². The van der Waals surface area contributed by atoms with Gasteiger partial charge in [0.2, 0.25) is 20.9 Å². The number of hydrogen-bond acceptors (Lipinski definition) is 6. The molecule has 0 radical (unpaired) electrons. The lowest BCUT2D eigenvalue weighted by Crippen LogP contribution is -2.43. The van der Waals surface area contributed by atoms with Crippen LogP contribution < -0.4 is 0 Å². The van der Waals surface area contributed by atoms with E-state index in [0.29, 0.717) is 38.4 Å². The summed E-state index contributed by atoms with van der Waals surface area (Å²) in [5.41, 5.74) is 1.39. The van der Waals surface area contributed by atoms with Gasteiger partial charge in [0.25, 0.3) is 0 Å². The molecule has 2 heterocycles. The molecule has 216 valence electrons. The van der Waals surface area contributed by atoms with Crippen molar-refractivity contribution in [2.24, 2.45) is 5.41 Å². The van der Waals surface area contributed by atoms with Gasteiger partial charge in [0, 0.05) is 38.2 Å². The van der Waals surface area contributed by atoms with Gasteiger partial charge in [-0.15, -0.1) is 0 Å². The highest BCUT2D eigenvalue weighted by molar-refractivity contribution is 7.90. The maximum Gasteiger partial charge on any atom is 0.228 e. The van der Waals surface area contributed by atoms with Gasteiger partial charge >= 0.3 is 0 Å². The largest absolute Gasteiger partial charge is 0.379 e. The molecule has 1 aliphatic heterocycles. The number of imidazole rings is 1. The summed E-state index contributed by atoms with van der Waals surface area (Å²) in [5, 5.41) is -0.133. The van der Waals surface area contributed by atoms with Crippen molar-refractivity contribution in [3.05, 3.63) is 83.4 Å². The average molecular weight is 571 g/mol. The van der Waals surface area contributed by atoms with Crippen molar-refractivity contribution in [3.63, 3.8) is 0 Å². The zero-order valence-corrected chi connectivity index (χ0v) is 24.4. The van der Waals surface area contributed by atoms with E-state index in [1.807, 2.05) is 51.1 Å². The highest BCUT2D eigenvalue weighted by Gasteiger charge is 2.28. The van der Waals surface area contributed by atoms with E-state index in [1.165, 1.54) is 24.4 Å². The zero-order valence-electron chi connectivity index (χ0n) is 23.6. The van der Waals surface area contributed by atoms with Gasteiger partial charge < -0.3 is 14.2 Å². The van der Waals surface area contributed by atoms with Crippen LogP contribution in [-0.2, 0) is 38.2 Å². The van der Waals surface area contributed by atoms with Crippen molar-refractivity contribution in [1.82, 2.24) is 19.4 Å². The standard InChI is InChI=1S/C30H39FN4O4S/c1-30(2,3)19-28(36)34(14-13-33-15-17-39-18-16-33)22-26-20-32-29(35(26)21-24-9-5-4-6-10-24)40(37,38)23-25-11-7-8-12-27(25)31/h4-12,20H,13-19,21-23H2,1-3H3. The van der Waals surface area contributed by atoms with Crippen molar-refractivity contribution in [2.45, 2.75) is 51.2 Å². The Kier molecular flexibility index (Phi) is 9.76. The lowest BCUT2D eigenvalue weighted by Gasteiger charge is -2.31. The number of carbonyl (C=O) groups excluding carboxylic acids is 1. The van der Waals surface area contributed by atoms with Gasteiger partial charge in [0.1, 0.15) is 5.82 Å². The summed E-state index contributed by atoms with van der Waals surface area (Å²) >= 11 is 0. The average Bonchev–Trinajstić information content (AvgIpc) is 3.30. The molecule has 2 aromatic carbocycles. The third-order valence-electron chi connectivity index (χ3n) is 6.84. The first kappa shape index (κ1) is 29.9. The molecule has 0 bridgehead atoms. The quantitative estimate of drug-likeness (QED) is 0.345. The number of halogens is 1. The van der Waals surface area contributed by atoms with Crippen LogP contribution in [0, 0.1) is 11.2 Å². The zero-order chi connectivity index (χ0) is 28.8. The van der Waals surface area contributed by atoms with Crippen LogP contribution in [0.2, 0.25) is 0 Å². The monoisotopic (exact) mass is 570 g/mol. The first-order valence-electron chi connectivity index (χ1n) is 13.6. The number of nitrogens with zero attached hydrogens (tertiary/aromatic N) is 4. The van der Waals surface area contributed by atoms with Crippen molar-refractivity contribution < 1.29 is 22.3 Å². The summed E-state index contributed by atoms with van der Waals surface area (Å²) in [5.74, 6) is -1.08. The van der Waals surface area contributed by atoms with E-state index in [1.54, 1.807) is 15.5 Å². The van der Waals surface area contributed by atoms with Crippen LogP contribution in [0.3, 0.4) is 0 Å². The molecule has 1 aliphatic rings. The number of ether oxygens (including phenoxy) is 1. The van der Waals surface area contributed by atoms with E-state index in [2.05, 4.69) is 9.88 Å². The molecule has 0 N–H and O–H groups in total. The number of rotatable bonds is 11. The number of carbonyl (C=O) groups is 1. The fraction of sp³-hybridized carbons (Fsp3) is 0.467. The number of hydrogen-bond donors (Lipinski definition) is 0. The minimum absolute atomic E-state index is 0.00369. The number of sulfone groups is 1. The van der Waals surface area contributed by atoms with Gasteiger partial charge in [-0.25, -0.2) is 17.8 Å². The molecule has 1 aromatic heterocycles. The fourth-order valence-corrected chi connectivity index (χ4v) is 6.23. The predicted molar refractivity (Wildman–Crippen MR) is 152 cm³/mol. The lowest BCUT2D eigenvalue weighted by molar-refractivity contribution is -0.134. The van der Waals surface area contributed by atoms with Crippen LogP contribution in [0.4, 0.5) is 4.39 Å². The molecule has 0 unspecified atom stereocenters. The Bertz CT molecular complexity index is 1380. The summed E-state index contributed by atoms with van der Waals surface area (Å²) in [6.07, 6.45) is 1.89. The number of benzene rings is 2. The second-order valence-electron chi connectivity index (χ2n) is 11.5. The molecule has 10 heteroatoms. The number of aromatic nitrogens is 2. The topological polar surface area (TPSA) is 84.7 Å². The molecule has 0 atom stereocenters. The Balaban J connectivity index is 1.66. The van der Waals surface area contributed by atoms with E-state index in [9.17, 15) is 17.6 Å². The van der Waals surface area contributed by atoms with Crippen LogP contribution in [-0.4, -0.2) is 73.1 Å². The second kappa shape index (κ2) is 13.1. The van der Waals surface area contributed by atoms with E-state index in [4.69, 9.17) is 4.74 Å². The van der Waals surface area contributed by atoms with Crippen LogP contribution in [0.5, 0.6) is 0 Å². The summed E-state index contributed by atoms with van der Waals surface area (Å²) in [7, 11) is -3.99. The minimum Gasteiger partial charge on any atom is -0.379 e. The molecule has 1 saturated heterocycles. The smallest absolute Gasteiger partial charge is 0.228 e. The van der Waals surface area contributed by atoms with Gasteiger partial charge in [-0.05, 0) is 17.0 Å². The van der Waals surface area contributed by atoms with Crippen LogP contribution in [0.1, 0.15) is 44.0 Å². The molecule has 1 amide bonds. The van der Waals surface area contributed by atoms with E-state index in [0.717, 1.165) is 18.7 Å². The van der Waals surface area contributed by atoms with E-state index in [-0.39, 0.29) is 35.1 Å². The minimum atomic E-state index is -3.99. The molecular weight excluding hydrogens is 531 g/mol. The maximum atomic E-state index is 14.4. The first-order valence-corrected chi connectivity index (χ1v) is 15.3. The molecule has 0 aliphatic carbocycles. The van der Waals surface area contributed by atoms with Gasteiger partial charge in [-0.2, -0.15) is 0 Å². The predicted octanol–water partition coefficient (Wildman–Crippen LogP) is 4.14. The Morgan fingerprint density at radius 1 is 1.05 bits per heavy atom. The number of morpholine rings is 1. The summed E-state index contributed by atoms with van der Waals surface area (Å²) in [6.45, 7) is 10.7. The van der Waals surface area contributed by atoms with Crippen molar-refractivity contribution in [2.75, 3.05) is 39.4 Å².